The highest BCUT2D eigenvalue weighted by atomic mass is 16.1. The van der Waals surface area contributed by atoms with Crippen molar-refractivity contribution in [2.75, 3.05) is 6.54 Å². The maximum absolute atomic E-state index is 11.9. The number of amides is 1. The third kappa shape index (κ3) is 3.21. The lowest BCUT2D eigenvalue weighted by molar-refractivity contribution is -0.125. The van der Waals surface area contributed by atoms with Crippen LogP contribution in [0.15, 0.2) is 0 Å². The second-order valence-corrected chi connectivity index (χ2v) is 5.53. The summed E-state index contributed by atoms with van der Waals surface area (Å²) in [6, 6.07) is 0.389. The van der Waals surface area contributed by atoms with Gasteiger partial charge in [-0.2, -0.15) is 0 Å². The zero-order valence-corrected chi connectivity index (χ0v) is 10.1. The van der Waals surface area contributed by atoms with Crippen molar-refractivity contribution < 1.29 is 4.79 Å². The molecular formula is C13H24N2O. The second-order valence-electron chi connectivity index (χ2n) is 5.53. The van der Waals surface area contributed by atoms with Gasteiger partial charge in [0.25, 0.3) is 0 Å². The van der Waals surface area contributed by atoms with Crippen molar-refractivity contribution in [2.24, 2.45) is 17.6 Å². The third-order valence-corrected chi connectivity index (χ3v) is 4.06. The summed E-state index contributed by atoms with van der Waals surface area (Å²) in [5, 5.41) is 3.11. The first-order valence-electron chi connectivity index (χ1n) is 6.79. The van der Waals surface area contributed by atoms with Gasteiger partial charge in [0.2, 0.25) is 5.91 Å². The number of rotatable bonds is 3. The number of hydrogen-bond acceptors (Lipinski definition) is 2. The summed E-state index contributed by atoms with van der Waals surface area (Å²) in [6.07, 6.45) is 9.43. The van der Waals surface area contributed by atoms with Crippen molar-refractivity contribution in [1.29, 1.82) is 0 Å². The Labute approximate surface area is 98.2 Å². The fourth-order valence-electron chi connectivity index (χ4n) is 2.88. The van der Waals surface area contributed by atoms with Crippen LogP contribution < -0.4 is 11.1 Å². The van der Waals surface area contributed by atoms with Crippen LogP contribution >= 0.6 is 0 Å². The van der Waals surface area contributed by atoms with Gasteiger partial charge in [-0.3, -0.25) is 4.79 Å². The van der Waals surface area contributed by atoms with Crippen LogP contribution in [-0.2, 0) is 4.79 Å². The monoisotopic (exact) mass is 224 g/mol. The number of carbonyl (C=O) groups is 1. The predicted molar refractivity (Wildman–Crippen MR) is 64.9 cm³/mol. The van der Waals surface area contributed by atoms with Gasteiger partial charge in [0, 0.05) is 18.5 Å². The van der Waals surface area contributed by atoms with E-state index in [9.17, 15) is 4.79 Å². The van der Waals surface area contributed by atoms with Gasteiger partial charge >= 0.3 is 0 Å². The molecule has 3 nitrogen and oxygen atoms in total. The van der Waals surface area contributed by atoms with E-state index in [0.29, 0.717) is 17.9 Å². The number of carbonyl (C=O) groups excluding carboxylic acids is 1. The highest BCUT2D eigenvalue weighted by Gasteiger charge is 2.27. The lowest BCUT2D eigenvalue weighted by atomic mass is 9.81. The van der Waals surface area contributed by atoms with E-state index in [-0.39, 0.29) is 5.92 Å². The minimum atomic E-state index is 0.288. The number of nitrogens with one attached hydrogen (secondary N) is 1. The van der Waals surface area contributed by atoms with E-state index in [4.69, 9.17) is 5.73 Å². The Hall–Kier alpha value is -0.570. The standard InChI is InChI=1S/C13H24N2O/c14-12-7-10(8-12)9-15-13(16)11-5-3-1-2-4-6-11/h10-12H,1-9,14H2,(H,15,16). The molecule has 0 bridgehead atoms. The van der Waals surface area contributed by atoms with E-state index in [1.165, 1.54) is 25.7 Å². The Morgan fingerprint density at radius 3 is 2.31 bits per heavy atom. The molecule has 2 aliphatic carbocycles. The molecule has 0 saturated heterocycles. The maximum atomic E-state index is 11.9. The van der Waals surface area contributed by atoms with Gasteiger partial charge < -0.3 is 11.1 Å². The molecule has 0 radical (unpaired) electrons. The van der Waals surface area contributed by atoms with E-state index in [0.717, 1.165) is 32.2 Å². The van der Waals surface area contributed by atoms with Gasteiger partial charge in [0.1, 0.15) is 0 Å². The molecule has 0 spiro atoms. The zero-order valence-electron chi connectivity index (χ0n) is 10.1. The van der Waals surface area contributed by atoms with Crippen molar-refractivity contribution in [2.45, 2.75) is 57.4 Å². The molecule has 16 heavy (non-hydrogen) atoms. The molecule has 0 aliphatic heterocycles. The van der Waals surface area contributed by atoms with Gasteiger partial charge in [0.05, 0.1) is 0 Å². The fraction of sp³-hybridized carbons (Fsp3) is 0.923. The lowest BCUT2D eigenvalue weighted by Crippen LogP contribution is -2.43. The van der Waals surface area contributed by atoms with Crippen LogP contribution in [0.4, 0.5) is 0 Å². The van der Waals surface area contributed by atoms with Crippen LogP contribution in [-0.4, -0.2) is 18.5 Å². The van der Waals surface area contributed by atoms with Crippen LogP contribution in [0.5, 0.6) is 0 Å². The molecule has 92 valence electrons. The van der Waals surface area contributed by atoms with E-state index < -0.39 is 0 Å². The first-order valence-corrected chi connectivity index (χ1v) is 6.79. The van der Waals surface area contributed by atoms with Crippen LogP contribution in [0.3, 0.4) is 0 Å². The molecule has 0 atom stereocenters. The molecule has 0 aromatic rings. The highest BCUT2D eigenvalue weighted by Crippen LogP contribution is 2.26. The molecule has 1 amide bonds. The highest BCUT2D eigenvalue weighted by molar-refractivity contribution is 5.78. The Morgan fingerprint density at radius 1 is 1.12 bits per heavy atom. The summed E-state index contributed by atoms with van der Waals surface area (Å²) >= 11 is 0. The van der Waals surface area contributed by atoms with Crippen LogP contribution in [0.2, 0.25) is 0 Å². The fourth-order valence-corrected chi connectivity index (χ4v) is 2.88. The molecule has 3 N–H and O–H groups in total. The Bertz CT molecular complexity index is 228. The van der Waals surface area contributed by atoms with Gasteiger partial charge in [-0.1, -0.05) is 25.7 Å². The molecule has 0 heterocycles. The Kier molecular flexibility index (Phi) is 4.22. The van der Waals surface area contributed by atoms with Crippen LogP contribution in [0.1, 0.15) is 51.4 Å². The smallest absolute Gasteiger partial charge is 0.223 e. The van der Waals surface area contributed by atoms with Crippen molar-refractivity contribution in [1.82, 2.24) is 5.32 Å². The van der Waals surface area contributed by atoms with Crippen molar-refractivity contribution in [3.05, 3.63) is 0 Å². The van der Waals surface area contributed by atoms with Gasteiger partial charge in [-0.05, 0) is 31.6 Å². The molecule has 0 aromatic carbocycles. The minimum Gasteiger partial charge on any atom is -0.356 e. The Balaban J connectivity index is 1.66. The van der Waals surface area contributed by atoms with E-state index in [1.807, 2.05) is 0 Å². The molecule has 0 aromatic heterocycles. The van der Waals surface area contributed by atoms with Crippen molar-refractivity contribution in [3.8, 4) is 0 Å². The van der Waals surface area contributed by atoms with E-state index in [2.05, 4.69) is 5.32 Å². The SMILES string of the molecule is NC1CC(CNC(=O)C2CCCCCC2)C1. The molecular weight excluding hydrogens is 200 g/mol. The number of hydrogen-bond donors (Lipinski definition) is 2. The zero-order chi connectivity index (χ0) is 11.4. The average molecular weight is 224 g/mol. The average Bonchev–Trinajstić information content (AvgIpc) is 2.50. The quantitative estimate of drug-likeness (QED) is 0.718. The minimum absolute atomic E-state index is 0.288. The molecule has 0 unspecified atom stereocenters. The van der Waals surface area contributed by atoms with Gasteiger partial charge in [-0.15, -0.1) is 0 Å². The number of nitrogens with two attached hydrogens (primary N) is 1. The van der Waals surface area contributed by atoms with Crippen molar-refractivity contribution >= 4 is 5.91 Å². The summed E-state index contributed by atoms with van der Waals surface area (Å²) in [5.74, 6) is 1.23. The second kappa shape index (κ2) is 5.67. The predicted octanol–water partition coefficient (Wildman–Crippen LogP) is 1.81. The van der Waals surface area contributed by atoms with Crippen LogP contribution in [0, 0.1) is 11.8 Å². The van der Waals surface area contributed by atoms with E-state index >= 15 is 0 Å². The summed E-state index contributed by atoms with van der Waals surface area (Å²) in [6.45, 7) is 0.850. The summed E-state index contributed by atoms with van der Waals surface area (Å²) < 4.78 is 0. The largest absolute Gasteiger partial charge is 0.356 e. The Morgan fingerprint density at radius 2 is 1.75 bits per heavy atom. The molecule has 3 heteroatoms. The molecule has 2 saturated carbocycles. The molecule has 2 aliphatic rings. The van der Waals surface area contributed by atoms with Crippen LogP contribution in [0.25, 0.3) is 0 Å². The summed E-state index contributed by atoms with van der Waals surface area (Å²) in [5.41, 5.74) is 5.73. The first-order chi connectivity index (χ1) is 7.75. The first kappa shape index (κ1) is 11.9. The third-order valence-electron chi connectivity index (χ3n) is 4.06. The normalized spacial score (nSPS) is 31.6. The topological polar surface area (TPSA) is 55.1 Å². The van der Waals surface area contributed by atoms with E-state index in [1.54, 1.807) is 0 Å². The maximum Gasteiger partial charge on any atom is 0.223 e. The summed E-state index contributed by atoms with van der Waals surface area (Å²) in [4.78, 5) is 11.9. The molecule has 2 rings (SSSR count). The van der Waals surface area contributed by atoms with Gasteiger partial charge in [-0.25, -0.2) is 0 Å². The molecule has 2 fully saturated rings. The summed E-state index contributed by atoms with van der Waals surface area (Å²) in [7, 11) is 0. The lowest BCUT2D eigenvalue weighted by Gasteiger charge is -2.32. The van der Waals surface area contributed by atoms with Crippen molar-refractivity contribution in [3.63, 3.8) is 0 Å². The van der Waals surface area contributed by atoms with Gasteiger partial charge in [0.15, 0.2) is 0 Å².